The third kappa shape index (κ3) is 3.41. The number of benzene rings is 1. The molecule has 24 heavy (non-hydrogen) atoms. The number of aromatic nitrogens is 1. The van der Waals surface area contributed by atoms with Gasteiger partial charge < -0.3 is 9.26 Å². The highest BCUT2D eigenvalue weighted by Gasteiger charge is 2.35. The lowest BCUT2D eigenvalue weighted by Crippen LogP contribution is -2.27. The van der Waals surface area contributed by atoms with Crippen LogP contribution in [0.15, 0.2) is 41.1 Å². The van der Waals surface area contributed by atoms with Crippen molar-refractivity contribution in [3.63, 3.8) is 0 Å². The van der Waals surface area contributed by atoms with Gasteiger partial charge in [0, 0.05) is 23.7 Å². The summed E-state index contributed by atoms with van der Waals surface area (Å²) in [5.41, 5.74) is 2.16. The van der Waals surface area contributed by atoms with Gasteiger partial charge in [-0.15, -0.1) is 0 Å². The Balaban J connectivity index is 1.70. The van der Waals surface area contributed by atoms with Crippen LogP contribution in [0.2, 0.25) is 0 Å². The van der Waals surface area contributed by atoms with E-state index in [1.807, 2.05) is 0 Å². The number of nitrogens with zero attached hydrogens (tertiary/aromatic N) is 2. The van der Waals surface area contributed by atoms with Gasteiger partial charge in [-0.2, -0.15) is 8.42 Å². The van der Waals surface area contributed by atoms with E-state index in [0.29, 0.717) is 11.4 Å². The van der Waals surface area contributed by atoms with Crippen molar-refractivity contribution in [2.24, 2.45) is 0 Å². The number of carbonyl (C=O) groups excluding carboxylic acids is 1. The summed E-state index contributed by atoms with van der Waals surface area (Å²) in [6, 6.07) is 8.83. The molecule has 2 atom stereocenters. The molecule has 0 spiro atoms. The summed E-state index contributed by atoms with van der Waals surface area (Å²) in [5.74, 6) is 0. The van der Waals surface area contributed by atoms with Crippen LogP contribution in [0.1, 0.15) is 13.3 Å². The molecule has 2 heterocycles. The highest BCUT2D eigenvalue weighted by Crippen LogP contribution is 2.27. The zero-order valence-corrected chi connectivity index (χ0v) is 13.6. The molecule has 3 rings (SSSR count). The fourth-order valence-corrected chi connectivity index (χ4v) is 2.98. The first-order chi connectivity index (χ1) is 11.3. The first kappa shape index (κ1) is 16.5. The lowest BCUT2D eigenvalue weighted by Gasteiger charge is -2.14. The Morgan fingerprint density at radius 2 is 2.04 bits per heavy atom. The zero-order chi connectivity index (χ0) is 17.3. The number of ether oxygens (including phenoxy) is 1. The second-order valence-corrected chi connectivity index (χ2v) is 7.44. The number of anilines is 1. The van der Waals surface area contributed by atoms with E-state index in [0.717, 1.165) is 5.56 Å². The molecule has 0 saturated carbocycles. The zero-order valence-electron chi connectivity index (χ0n) is 12.8. The SMILES string of the molecule is CC(C[C@@H]1CN(c2ccc(-c3ccon3)cc2)C(=O)O1)S(=O)(=O)O. The molecule has 1 aromatic carbocycles. The van der Waals surface area contributed by atoms with Gasteiger partial charge in [-0.3, -0.25) is 9.45 Å². The van der Waals surface area contributed by atoms with Crippen molar-refractivity contribution in [3.05, 3.63) is 36.6 Å². The van der Waals surface area contributed by atoms with Gasteiger partial charge in [-0.1, -0.05) is 17.3 Å². The molecule has 1 aromatic heterocycles. The van der Waals surface area contributed by atoms with E-state index in [1.54, 1.807) is 30.3 Å². The molecule has 1 fully saturated rings. The maximum atomic E-state index is 12.0. The number of hydrogen-bond acceptors (Lipinski definition) is 6. The molecule has 1 amide bonds. The van der Waals surface area contributed by atoms with Crippen molar-refractivity contribution in [1.29, 1.82) is 0 Å². The van der Waals surface area contributed by atoms with Crippen LogP contribution in [0, 0.1) is 0 Å². The molecule has 128 valence electrons. The highest BCUT2D eigenvalue weighted by atomic mass is 32.2. The molecule has 1 aliphatic heterocycles. The third-order valence-electron chi connectivity index (χ3n) is 3.89. The molecule has 0 aliphatic carbocycles. The molecule has 1 unspecified atom stereocenters. The summed E-state index contributed by atoms with van der Waals surface area (Å²) in [6.07, 6.45) is 0.376. The second-order valence-electron chi connectivity index (χ2n) is 5.61. The largest absolute Gasteiger partial charge is 0.444 e. The average molecular weight is 352 g/mol. The monoisotopic (exact) mass is 352 g/mol. The van der Waals surface area contributed by atoms with Gasteiger partial charge in [0.25, 0.3) is 10.1 Å². The van der Waals surface area contributed by atoms with E-state index in [1.165, 1.54) is 18.1 Å². The molecular formula is C15H16N2O6S. The summed E-state index contributed by atoms with van der Waals surface area (Å²) < 4.78 is 41.2. The summed E-state index contributed by atoms with van der Waals surface area (Å²) >= 11 is 0. The number of rotatable bonds is 5. The summed E-state index contributed by atoms with van der Waals surface area (Å²) in [6.45, 7) is 1.60. The number of hydrogen-bond donors (Lipinski definition) is 1. The summed E-state index contributed by atoms with van der Waals surface area (Å²) in [7, 11) is -4.15. The van der Waals surface area contributed by atoms with Crippen molar-refractivity contribution in [2.75, 3.05) is 11.4 Å². The Morgan fingerprint density at radius 1 is 1.33 bits per heavy atom. The van der Waals surface area contributed by atoms with Gasteiger partial charge >= 0.3 is 6.09 Å². The predicted molar refractivity (Wildman–Crippen MR) is 85.2 cm³/mol. The normalized spacial score (nSPS) is 19.3. The fourth-order valence-electron chi connectivity index (χ4n) is 2.52. The second kappa shape index (κ2) is 6.25. The molecule has 0 radical (unpaired) electrons. The Labute approximate surface area is 138 Å². The lowest BCUT2D eigenvalue weighted by molar-refractivity contribution is 0.136. The molecule has 1 aliphatic rings. The van der Waals surface area contributed by atoms with Gasteiger partial charge in [0.15, 0.2) is 0 Å². The highest BCUT2D eigenvalue weighted by molar-refractivity contribution is 7.86. The Bertz CT molecular complexity index is 816. The smallest absolute Gasteiger partial charge is 0.414 e. The minimum absolute atomic E-state index is 0.0398. The predicted octanol–water partition coefficient (Wildman–Crippen LogP) is 2.33. The van der Waals surface area contributed by atoms with E-state index in [2.05, 4.69) is 5.16 Å². The van der Waals surface area contributed by atoms with Crippen molar-refractivity contribution in [2.45, 2.75) is 24.7 Å². The van der Waals surface area contributed by atoms with E-state index in [9.17, 15) is 13.2 Å². The molecule has 1 saturated heterocycles. The van der Waals surface area contributed by atoms with E-state index < -0.39 is 27.6 Å². The Kier molecular flexibility index (Phi) is 4.29. The fraction of sp³-hybridized carbons (Fsp3) is 0.333. The summed E-state index contributed by atoms with van der Waals surface area (Å²) in [5, 5.41) is 2.84. The quantitative estimate of drug-likeness (QED) is 0.822. The van der Waals surface area contributed by atoms with Crippen molar-refractivity contribution in [1.82, 2.24) is 5.16 Å². The van der Waals surface area contributed by atoms with Gasteiger partial charge in [-0.05, 0) is 19.1 Å². The van der Waals surface area contributed by atoms with Crippen molar-refractivity contribution < 1.29 is 27.0 Å². The van der Waals surface area contributed by atoms with Crippen molar-refractivity contribution in [3.8, 4) is 11.3 Å². The Hall–Kier alpha value is -2.39. The minimum Gasteiger partial charge on any atom is -0.444 e. The van der Waals surface area contributed by atoms with Gasteiger partial charge in [0.1, 0.15) is 18.1 Å². The minimum atomic E-state index is -4.15. The van der Waals surface area contributed by atoms with E-state index >= 15 is 0 Å². The molecule has 9 heteroatoms. The van der Waals surface area contributed by atoms with Crippen LogP contribution in [0.5, 0.6) is 0 Å². The maximum absolute atomic E-state index is 12.0. The van der Waals surface area contributed by atoms with Crippen molar-refractivity contribution >= 4 is 21.9 Å². The van der Waals surface area contributed by atoms with Gasteiger partial charge in [0.05, 0.1) is 11.8 Å². The summed E-state index contributed by atoms with van der Waals surface area (Å²) in [4.78, 5) is 13.4. The number of amides is 1. The van der Waals surface area contributed by atoms with Crippen LogP contribution < -0.4 is 4.90 Å². The van der Waals surface area contributed by atoms with Gasteiger partial charge in [-0.25, -0.2) is 4.79 Å². The first-order valence-electron chi connectivity index (χ1n) is 7.30. The lowest BCUT2D eigenvalue weighted by atomic mass is 10.1. The topological polar surface area (TPSA) is 110 Å². The average Bonchev–Trinajstić information content (AvgIpc) is 3.16. The van der Waals surface area contributed by atoms with Crippen LogP contribution >= 0.6 is 0 Å². The molecule has 8 nitrogen and oxygen atoms in total. The number of cyclic esters (lactones) is 1. The molecule has 1 N–H and O–H groups in total. The number of carbonyl (C=O) groups is 1. The van der Waals surface area contributed by atoms with Crippen LogP contribution in [0.4, 0.5) is 10.5 Å². The standard InChI is InChI=1S/C15H16N2O6S/c1-10(24(19,20)21)8-13-9-17(15(18)23-13)12-4-2-11(3-5-12)14-6-7-22-16-14/h2-7,10,13H,8-9H2,1H3,(H,19,20,21)/t10?,13-/m1/s1. The van der Waals surface area contributed by atoms with Crippen LogP contribution in [0.25, 0.3) is 11.3 Å². The van der Waals surface area contributed by atoms with E-state index in [-0.39, 0.29) is 13.0 Å². The maximum Gasteiger partial charge on any atom is 0.414 e. The first-order valence-corrected chi connectivity index (χ1v) is 8.80. The third-order valence-corrected chi connectivity index (χ3v) is 5.10. The van der Waals surface area contributed by atoms with Crippen LogP contribution in [-0.4, -0.2) is 42.1 Å². The van der Waals surface area contributed by atoms with Crippen LogP contribution in [-0.2, 0) is 14.9 Å². The molecule has 0 bridgehead atoms. The molecule has 2 aromatic rings. The molecular weight excluding hydrogens is 336 g/mol. The van der Waals surface area contributed by atoms with E-state index in [4.69, 9.17) is 13.8 Å². The van der Waals surface area contributed by atoms with Gasteiger partial charge in [0.2, 0.25) is 0 Å². The van der Waals surface area contributed by atoms with Crippen LogP contribution in [0.3, 0.4) is 0 Å². The Morgan fingerprint density at radius 3 is 2.62 bits per heavy atom.